The van der Waals surface area contributed by atoms with Crippen LogP contribution >= 0.6 is 11.6 Å². The number of halogens is 1. The minimum Gasteiger partial charge on any atom is -0.378 e. The number of nitrogens with one attached hydrogen (secondary N) is 1. The van der Waals surface area contributed by atoms with E-state index in [-0.39, 0.29) is 10.6 Å². The molecule has 1 N–H and O–H groups in total. The van der Waals surface area contributed by atoms with Gasteiger partial charge in [0.2, 0.25) is 0 Å². The Balaban J connectivity index is 2.19. The summed E-state index contributed by atoms with van der Waals surface area (Å²) in [5.74, 6) is 0. The molecule has 2 aromatic rings. The molecular weight excluding hydrogens is 266 g/mol. The van der Waals surface area contributed by atoms with Gasteiger partial charge in [0, 0.05) is 32.4 Å². The number of aromatic nitrogens is 4. The van der Waals surface area contributed by atoms with Crippen LogP contribution < -0.4 is 10.9 Å². The lowest BCUT2D eigenvalue weighted by Crippen LogP contribution is -2.21. The van der Waals surface area contributed by atoms with Crippen LogP contribution in [0.1, 0.15) is 18.2 Å². The van der Waals surface area contributed by atoms with Gasteiger partial charge in [0.1, 0.15) is 5.02 Å². The molecule has 0 aliphatic heterocycles. The minimum absolute atomic E-state index is 0.152. The fourth-order valence-electron chi connectivity index (χ4n) is 1.85. The van der Waals surface area contributed by atoms with Gasteiger partial charge in [-0.1, -0.05) is 18.5 Å². The average Bonchev–Trinajstić information content (AvgIpc) is 2.75. The van der Waals surface area contributed by atoms with Gasteiger partial charge in [-0.15, -0.1) is 0 Å². The topological polar surface area (TPSA) is 64.7 Å². The van der Waals surface area contributed by atoms with Crippen molar-refractivity contribution in [3.63, 3.8) is 0 Å². The van der Waals surface area contributed by atoms with E-state index in [1.54, 1.807) is 17.9 Å². The monoisotopic (exact) mass is 281 g/mol. The zero-order valence-corrected chi connectivity index (χ0v) is 11.9. The molecule has 102 valence electrons. The number of rotatable bonds is 4. The minimum atomic E-state index is -0.312. The lowest BCUT2D eigenvalue weighted by molar-refractivity contribution is 0.708. The third kappa shape index (κ3) is 2.78. The molecule has 0 aliphatic carbocycles. The zero-order valence-electron chi connectivity index (χ0n) is 11.1. The van der Waals surface area contributed by atoms with E-state index in [4.69, 9.17) is 11.6 Å². The first-order valence-corrected chi connectivity index (χ1v) is 6.37. The molecule has 2 heterocycles. The Kier molecular flexibility index (Phi) is 3.90. The van der Waals surface area contributed by atoms with Crippen molar-refractivity contribution in [1.82, 2.24) is 19.6 Å². The molecule has 0 aromatic carbocycles. The first-order valence-electron chi connectivity index (χ1n) is 6.00. The number of hydrogen-bond acceptors (Lipinski definition) is 4. The second-order valence-electron chi connectivity index (χ2n) is 4.28. The molecule has 0 radical (unpaired) electrons. The van der Waals surface area contributed by atoms with Crippen molar-refractivity contribution in [3.05, 3.63) is 39.0 Å². The molecule has 7 heteroatoms. The van der Waals surface area contributed by atoms with Gasteiger partial charge in [0.25, 0.3) is 5.56 Å². The van der Waals surface area contributed by atoms with Crippen molar-refractivity contribution < 1.29 is 0 Å². The van der Waals surface area contributed by atoms with Crippen molar-refractivity contribution in [2.45, 2.75) is 19.9 Å². The zero-order chi connectivity index (χ0) is 14.0. The molecule has 19 heavy (non-hydrogen) atoms. The van der Waals surface area contributed by atoms with Crippen LogP contribution in [0.4, 0.5) is 5.69 Å². The lowest BCUT2D eigenvalue weighted by atomic mass is 10.2. The summed E-state index contributed by atoms with van der Waals surface area (Å²) in [4.78, 5) is 11.6. The molecule has 0 spiro atoms. The van der Waals surface area contributed by atoms with Crippen LogP contribution in [0.15, 0.2) is 17.2 Å². The molecule has 0 bridgehead atoms. The highest BCUT2D eigenvalue weighted by molar-refractivity contribution is 6.32. The van der Waals surface area contributed by atoms with Gasteiger partial charge in [0.15, 0.2) is 0 Å². The van der Waals surface area contributed by atoms with Gasteiger partial charge >= 0.3 is 0 Å². The maximum atomic E-state index is 11.6. The molecular formula is C12H16ClN5O. The van der Waals surface area contributed by atoms with Gasteiger partial charge in [-0.3, -0.25) is 9.48 Å². The van der Waals surface area contributed by atoms with E-state index in [1.807, 2.05) is 13.2 Å². The number of anilines is 1. The fourth-order valence-corrected chi connectivity index (χ4v) is 2.09. The number of aryl methyl sites for hydroxylation is 3. The summed E-state index contributed by atoms with van der Waals surface area (Å²) in [5, 5.41) is 11.6. The normalized spacial score (nSPS) is 10.7. The van der Waals surface area contributed by atoms with Crippen LogP contribution in [-0.2, 0) is 27.1 Å². The molecule has 0 amide bonds. The van der Waals surface area contributed by atoms with Crippen LogP contribution in [0.3, 0.4) is 0 Å². The molecule has 0 saturated carbocycles. The average molecular weight is 282 g/mol. The highest BCUT2D eigenvalue weighted by Gasteiger charge is 2.09. The Morgan fingerprint density at radius 2 is 2.16 bits per heavy atom. The van der Waals surface area contributed by atoms with Crippen LogP contribution in [0, 0.1) is 0 Å². The Hall–Kier alpha value is -1.82. The van der Waals surface area contributed by atoms with Crippen molar-refractivity contribution >= 4 is 17.3 Å². The smallest absolute Gasteiger partial charge is 0.287 e. The van der Waals surface area contributed by atoms with Crippen molar-refractivity contribution in [2.75, 3.05) is 5.32 Å². The number of nitrogens with zero attached hydrogens (tertiary/aromatic N) is 4. The second kappa shape index (κ2) is 5.44. The maximum Gasteiger partial charge on any atom is 0.287 e. The van der Waals surface area contributed by atoms with E-state index >= 15 is 0 Å². The van der Waals surface area contributed by atoms with E-state index in [1.165, 1.54) is 4.68 Å². The molecule has 0 aliphatic rings. The Bertz CT molecular complexity index is 646. The lowest BCUT2D eigenvalue weighted by Gasteiger charge is -2.08. The van der Waals surface area contributed by atoms with E-state index in [9.17, 15) is 4.79 Å². The quantitative estimate of drug-likeness (QED) is 0.919. The summed E-state index contributed by atoms with van der Waals surface area (Å²) in [6.07, 6.45) is 4.36. The van der Waals surface area contributed by atoms with Gasteiger partial charge in [0.05, 0.1) is 17.6 Å². The highest BCUT2D eigenvalue weighted by Crippen LogP contribution is 2.17. The van der Waals surface area contributed by atoms with Crippen LogP contribution in [0.2, 0.25) is 5.02 Å². The largest absolute Gasteiger partial charge is 0.378 e. The summed E-state index contributed by atoms with van der Waals surface area (Å²) in [7, 11) is 3.45. The van der Waals surface area contributed by atoms with E-state index in [0.29, 0.717) is 12.2 Å². The van der Waals surface area contributed by atoms with Crippen molar-refractivity contribution in [1.29, 1.82) is 0 Å². The summed E-state index contributed by atoms with van der Waals surface area (Å²) in [5.41, 5.74) is 2.34. The third-order valence-electron chi connectivity index (χ3n) is 2.87. The molecule has 2 rings (SSSR count). The van der Waals surface area contributed by atoms with Gasteiger partial charge in [-0.05, 0) is 6.42 Å². The van der Waals surface area contributed by atoms with Crippen LogP contribution in [0.25, 0.3) is 0 Å². The Labute approximate surface area is 116 Å². The highest BCUT2D eigenvalue weighted by atomic mass is 35.5. The SMILES string of the molecule is CCc1nn(C)cc1CNc1cnn(C)c(=O)c1Cl. The van der Waals surface area contributed by atoms with Gasteiger partial charge in [-0.2, -0.15) is 10.2 Å². The summed E-state index contributed by atoms with van der Waals surface area (Å²) in [6.45, 7) is 2.62. The van der Waals surface area contributed by atoms with Crippen LogP contribution in [-0.4, -0.2) is 19.6 Å². The maximum absolute atomic E-state index is 11.6. The fraction of sp³-hybridized carbons (Fsp3) is 0.417. The Morgan fingerprint density at radius 1 is 1.42 bits per heavy atom. The second-order valence-corrected chi connectivity index (χ2v) is 4.66. The van der Waals surface area contributed by atoms with Crippen LogP contribution in [0.5, 0.6) is 0 Å². The van der Waals surface area contributed by atoms with Gasteiger partial charge < -0.3 is 5.32 Å². The number of hydrogen-bond donors (Lipinski definition) is 1. The summed E-state index contributed by atoms with van der Waals surface area (Å²) in [6, 6.07) is 0. The van der Waals surface area contributed by atoms with E-state index in [2.05, 4.69) is 22.4 Å². The first-order chi connectivity index (χ1) is 9.02. The predicted octanol–water partition coefficient (Wildman–Crippen LogP) is 1.34. The Morgan fingerprint density at radius 3 is 2.84 bits per heavy atom. The predicted molar refractivity (Wildman–Crippen MR) is 74.4 cm³/mol. The summed E-state index contributed by atoms with van der Waals surface area (Å²) >= 11 is 5.99. The molecule has 2 aromatic heterocycles. The third-order valence-corrected chi connectivity index (χ3v) is 3.24. The molecule has 0 fully saturated rings. The van der Waals surface area contributed by atoms with E-state index in [0.717, 1.165) is 17.7 Å². The first kappa shape index (κ1) is 13.6. The summed E-state index contributed by atoms with van der Waals surface area (Å²) < 4.78 is 2.98. The van der Waals surface area contributed by atoms with E-state index < -0.39 is 0 Å². The standard InChI is InChI=1S/C12H16ClN5O/c1-4-9-8(7-17(2)16-9)5-14-10-6-15-18(3)12(19)11(10)13/h6-7,14H,4-5H2,1-3H3. The van der Waals surface area contributed by atoms with Gasteiger partial charge in [-0.25, -0.2) is 4.68 Å². The molecule has 0 saturated heterocycles. The molecule has 0 atom stereocenters. The van der Waals surface area contributed by atoms with Crippen molar-refractivity contribution in [2.24, 2.45) is 14.1 Å². The molecule has 6 nitrogen and oxygen atoms in total. The molecule has 0 unspecified atom stereocenters. The van der Waals surface area contributed by atoms with Crippen molar-refractivity contribution in [3.8, 4) is 0 Å².